The lowest BCUT2D eigenvalue weighted by Crippen LogP contribution is -2.13. The number of ether oxygens (including phenoxy) is 2. The van der Waals surface area contributed by atoms with Crippen LogP contribution in [0, 0.1) is 6.92 Å². The van der Waals surface area contributed by atoms with Gasteiger partial charge in [0.05, 0.1) is 12.8 Å². The maximum absolute atomic E-state index is 12.6. The van der Waals surface area contributed by atoms with Crippen LogP contribution >= 0.6 is 11.6 Å². The van der Waals surface area contributed by atoms with Gasteiger partial charge in [0.1, 0.15) is 11.5 Å². The quantitative estimate of drug-likeness (QED) is 0.341. The zero-order valence-electron chi connectivity index (χ0n) is 18.2. The van der Waals surface area contributed by atoms with Crippen molar-refractivity contribution >= 4 is 23.2 Å². The summed E-state index contributed by atoms with van der Waals surface area (Å²) in [5.74, 6) is 2.38. The van der Waals surface area contributed by atoms with Crippen LogP contribution in [-0.4, -0.2) is 23.2 Å². The summed E-state index contributed by atoms with van der Waals surface area (Å²) in [5, 5.41) is 11.4. The summed E-state index contributed by atoms with van der Waals surface area (Å²) >= 11 is 6.13. The number of hydrogen-bond donors (Lipinski definition) is 1. The molecule has 4 aromatic rings. The van der Waals surface area contributed by atoms with Crippen molar-refractivity contribution in [3.63, 3.8) is 0 Å². The molecular weight excluding hydrogens is 442 g/mol. The molecular formula is C25H22ClN3O4. The maximum atomic E-state index is 12.6. The minimum Gasteiger partial charge on any atom is -0.497 e. The molecule has 0 aliphatic heterocycles. The van der Waals surface area contributed by atoms with Gasteiger partial charge in [0.25, 0.3) is 0 Å². The van der Waals surface area contributed by atoms with Gasteiger partial charge in [-0.1, -0.05) is 29.3 Å². The lowest BCUT2D eigenvalue weighted by molar-refractivity contribution is -0.116. The first-order valence-corrected chi connectivity index (χ1v) is 10.7. The fourth-order valence-corrected chi connectivity index (χ4v) is 3.23. The van der Waals surface area contributed by atoms with Crippen molar-refractivity contribution in [3.05, 3.63) is 83.2 Å². The van der Waals surface area contributed by atoms with Gasteiger partial charge in [0.2, 0.25) is 17.7 Å². The topological polar surface area (TPSA) is 86.5 Å². The molecule has 0 spiro atoms. The van der Waals surface area contributed by atoms with Crippen molar-refractivity contribution in [3.8, 4) is 28.7 Å². The van der Waals surface area contributed by atoms with Crippen LogP contribution in [0.3, 0.4) is 0 Å². The maximum Gasteiger partial charge on any atom is 0.247 e. The standard InChI is InChI=1S/C25H22ClN3O4/c1-16-3-5-17(6-4-16)25-29-28-24(33-25)14-13-23(30)27-21-15-18(26)7-12-22(21)32-20-10-8-19(31-2)9-11-20/h3-12,15H,13-14H2,1-2H3,(H,27,30). The lowest BCUT2D eigenvalue weighted by atomic mass is 10.1. The zero-order chi connectivity index (χ0) is 23.2. The van der Waals surface area contributed by atoms with Gasteiger partial charge in [0.15, 0.2) is 5.75 Å². The van der Waals surface area contributed by atoms with E-state index in [4.69, 9.17) is 25.5 Å². The second kappa shape index (κ2) is 10.2. The van der Waals surface area contributed by atoms with E-state index in [1.165, 1.54) is 0 Å². The highest BCUT2D eigenvalue weighted by atomic mass is 35.5. The molecule has 33 heavy (non-hydrogen) atoms. The summed E-state index contributed by atoms with van der Waals surface area (Å²) in [7, 11) is 1.60. The molecule has 1 heterocycles. The smallest absolute Gasteiger partial charge is 0.247 e. The van der Waals surface area contributed by atoms with Crippen LogP contribution < -0.4 is 14.8 Å². The van der Waals surface area contributed by atoms with E-state index in [2.05, 4.69) is 15.5 Å². The Labute approximate surface area is 196 Å². The highest BCUT2D eigenvalue weighted by Gasteiger charge is 2.13. The third-order valence-corrected chi connectivity index (χ3v) is 5.07. The lowest BCUT2D eigenvalue weighted by Gasteiger charge is -2.13. The van der Waals surface area contributed by atoms with Crippen LogP contribution in [0.15, 0.2) is 71.1 Å². The SMILES string of the molecule is COc1ccc(Oc2ccc(Cl)cc2NC(=O)CCc2nnc(-c3ccc(C)cc3)o2)cc1. The fraction of sp³-hybridized carbons (Fsp3) is 0.160. The molecule has 0 fully saturated rings. The molecule has 0 unspecified atom stereocenters. The summed E-state index contributed by atoms with van der Waals surface area (Å²) in [4.78, 5) is 12.6. The summed E-state index contributed by atoms with van der Waals surface area (Å²) in [6.07, 6.45) is 0.462. The number of aryl methyl sites for hydroxylation is 2. The Morgan fingerprint density at radius 2 is 1.73 bits per heavy atom. The molecule has 3 aromatic carbocycles. The summed E-state index contributed by atoms with van der Waals surface area (Å²) in [5.41, 5.74) is 2.45. The van der Waals surface area contributed by atoms with Crippen molar-refractivity contribution in [1.82, 2.24) is 10.2 Å². The van der Waals surface area contributed by atoms with E-state index >= 15 is 0 Å². The average Bonchev–Trinajstić information content (AvgIpc) is 3.29. The van der Waals surface area contributed by atoms with Gasteiger partial charge < -0.3 is 19.2 Å². The van der Waals surface area contributed by atoms with E-state index in [-0.39, 0.29) is 12.3 Å². The molecule has 0 atom stereocenters. The number of nitrogens with zero attached hydrogens (tertiary/aromatic N) is 2. The molecule has 0 radical (unpaired) electrons. The van der Waals surface area contributed by atoms with Gasteiger partial charge in [0, 0.05) is 23.4 Å². The Morgan fingerprint density at radius 3 is 2.45 bits per heavy atom. The molecule has 1 N–H and O–H groups in total. The third-order valence-electron chi connectivity index (χ3n) is 4.83. The Kier molecular flexibility index (Phi) is 6.90. The van der Waals surface area contributed by atoms with Gasteiger partial charge >= 0.3 is 0 Å². The van der Waals surface area contributed by atoms with Crippen molar-refractivity contribution < 1.29 is 18.7 Å². The van der Waals surface area contributed by atoms with E-state index in [1.807, 2.05) is 31.2 Å². The van der Waals surface area contributed by atoms with Crippen molar-refractivity contribution in [1.29, 1.82) is 0 Å². The Hall–Kier alpha value is -3.84. The summed E-state index contributed by atoms with van der Waals surface area (Å²) < 4.78 is 16.8. The molecule has 8 heteroatoms. The number of benzene rings is 3. The van der Waals surface area contributed by atoms with Crippen molar-refractivity contribution in [2.24, 2.45) is 0 Å². The van der Waals surface area contributed by atoms with Crippen molar-refractivity contribution in [2.75, 3.05) is 12.4 Å². The predicted molar refractivity (Wildman–Crippen MR) is 126 cm³/mol. The van der Waals surface area contributed by atoms with Gasteiger partial charge in [-0.2, -0.15) is 0 Å². The molecule has 0 aliphatic rings. The number of halogens is 1. The monoisotopic (exact) mass is 463 g/mol. The van der Waals surface area contributed by atoms with Gasteiger partial charge in [-0.15, -0.1) is 10.2 Å². The number of carbonyl (C=O) groups excluding carboxylic acids is 1. The summed E-state index contributed by atoms with van der Waals surface area (Å²) in [6, 6.07) is 20.0. The first kappa shape index (κ1) is 22.4. The largest absolute Gasteiger partial charge is 0.497 e. The Bertz CT molecular complexity index is 1240. The van der Waals surface area contributed by atoms with Gasteiger partial charge in [-0.3, -0.25) is 4.79 Å². The molecule has 1 amide bonds. The van der Waals surface area contributed by atoms with Crippen LogP contribution in [0.25, 0.3) is 11.5 Å². The molecule has 0 saturated heterocycles. The number of nitrogens with one attached hydrogen (secondary N) is 1. The molecule has 0 bridgehead atoms. The number of hydrogen-bond acceptors (Lipinski definition) is 6. The van der Waals surface area contributed by atoms with Gasteiger partial charge in [-0.25, -0.2) is 0 Å². The number of amides is 1. The number of aromatic nitrogens is 2. The zero-order valence-corrected chi connectivity index (χ0v) is 18.9. The van der Waals surface area contributed by atoms with Crippen LogP contribution in [0.4, 0.5) is 5.69 Å². The van der Waals surface area contributed by atoms with Crippen LogP contribution in [0.5, 0.6) is 17.2 Å². The van der Waals surface area contributed by atoms with E-state index in [0.717, 1.165) is 16.9 Å². The number of anilines is 1. The normalized spacial score (nSPS) is 10.6. The fourth-order valence-electron chi connectivity index (χ4n) is 3.06. The van der Waals surface area contributed by atoms with E-state index in [1.54, 1.807) is 49.6 Å². The minimum atomic E-state index is -0.230. The first-order chi connectivity index (χ1) is 16.0. The van der Waals surface area contributed by atoms with E-state index in [9.17, 15) is 4.79 Å². The number of carbonyl (C=O) groups is 1. The molecule has 0 aliphatic carbocycles. The second-order valence-electron chi connectivity index (χ2n) is 7.33. The van der Waals surface area contributed by atoms with Crippen LogP contribution in [0.2, 0.25) is 5.02 Å². The molecule has 7 nitrogen and oxygen atoms in total. The van der Waals surface area contributed by atoms with E-state index in [0.29, 0.717) is 40.4 Å². The Balaban J connectivity index is 1.39. The number of rotatable bonds is 8. The van der Waals surface area contributed by atoms with Crippen molar-refractivity contribution in [2.45, 2.75) is 19.8 Å². The third kappa shape index (κ3) is 5.90. The number of methoxy groups -OCH3 is 1. The first-order valence-electron chi connectivity index (χ1n) is 10.3. The van der Waals surface area contributed by atoms with Gasteiger partial charge in [-0.05, 0) is 61.5 Å². The average molecular weight is 464 g/mol. The highest BCUT2D eigenvalue weighted by Crippen LogP contribution is 2.33. The molecule has 1 aromatic heterocycles. The van der Waals surface area contributed by atoms with Crippen LogP contribution in [0.1, 0.15) is 17.9 Å². The second-order valence-corrected chi connectivity index (χ2v) is 7.77. The molecule has 4 rings (SSSR count). The highest BCUT2D eigenvalue weighted by molar-refractivity contribution is 6.31. The Morgan fingerprint density at radius 1 is 1.00 bits per heavy atom. The minimum absolute atomic E-state index is 0.157. The summed E-state index contributed by atoms with van der Waals surface area (Å²) in [6.45, 7) is 2.01. The molecule has 0 saturated carbocycles. The van der Waals surface area contributed by atoms with Crippen LogP contribution in [-0.2, 0) is 11.2 Å². The molecule has 168 valence electrons. The predicted octanol–water partition coefficient (Wildman–Crippen LogP) is 6.07. The van der Waals surface area contributed by atoms with E-state index < -0.39 is 0 Å².